The van der Waals surface area contributed by atoms with Gasteiger partial charge in [-0.05, 0) is 49.1 Å². The van der Waals surface area contributed by atoms with Crippen LogP contribution in [0.1, 0.15) is 36.7 Å². The Kier molecular flexibility index (Phi) is 5.34. The van der Waals surface area contributed by atoms with Gasteiger partial charge in [-0.2, -0.15) is 0 Å². The second-order valence-electron chi connectivity index (χ2n) is 5.63. The standard InChI is InChI=1S/C19H23NO2/c1-4-15-5-7-16(8-6-15)17-9-11-18(12-10-17)19(22)20-13(2)14(3)21/h5-14,21H,4H2,1-3H3,(H,20,22)/t13?,14-/m1/s1. The summed E-state index contributed by atoms with van der Waals surface area (Å²) in [7, 11) is 0. The summed E-state index contributed by atoms with van der Waals surface area (Å²) in [5.74, 6) is -0.165. The van der Waals surface area contributed by atoms with Gasteiger partial charge in [-0.15, -0.1) is 0 Å². The van der Waals surface area contributed by atoms with Crippen molar-refractivity contribution in [3.63, 3.8) is 0 Å². The first kappa shape index (κ1) is 16.2. The van der Waals surface area contributed by atoms with E-state index in [0.717, 1.165) is 17.5 Å². The van der Waals surface area contributed by atoms with Crippen LogP contribution in [-0.2, 0) is 6.42 Å². The molecule has 3 heteroatoms. The summed E-state index contributed by atoms with van der Waals surface area (Å²) in [5.41, 5.74) is 4.14. The minimum atomic E-state index is -0.569. The molecule has 0 saturated carbocycles. The normalized spacial score (nSPS) is 13.5. The van der Waals surface area contributed by atoms with Gasteiger partial charge in [-0.1, -0.05) is 43.3 Å². The zero-order chi connectivity index (χ0) is 16.1. The highest BCUT2D eigenvalue weighted by atomic mass is 16.3. The molecule has 2 aromatic carbocycles. The van der Waals surface area contributed by atoms with Gasteiger partial charge in [0.25, 0.3) is 5.91 Å². The number of hydrogen-bond donors (Lipinski definition) is 2. The van der Waals surface area contributed by atoms with E-state index in [0.29, 0.717) is 5.56 Å². The highest BCUT2D eigenvalue weighted by Gasteiger charge is 2.13. The number of carbonyl (C=O) groups excluding carboxylic acids is 1. The Labute approximate surface area is 132 Å². The van der Waals surface area contributed by atoms with Crippen LogP contribution in [-0.4, -0.2) is 23.2 Å². The summed E-state index contributed by atoms with van der Waals surface area (Å²) in [5, 5.41) is 12.2. The third kappa shape index (κ3) is 3.95. The largest absolute Gasteiger partial charge is 0.391 e. The summed E-state index contributed by atoms with van der Waals surface area (Å²) in [6.45, 7) is 5.58. The molecule has 3 nitrogen and oxygen atoms in total. The number of carbonyl (C=O) groups is 1. The number of aryl methyl sites for hydroxylation is 1. The topological polar surface area (TPSA) is 49.3 Å². The van der Waals surface area contributed by atoms with Gasteiger partial charge in [0.15, 0.2) is 0 Å². The van der Waals surface area contributed by atoms with Crippen molar-refractivity contribution in [2.45, 2.75) is 39.3 Å². The maximum atomic E-state index is 12.1. The van der Waals surface area contributed by atoms with Crippen LogP contribution in [0.5, 0.6) is 0 Å². The Morgan fingerprint density at radius 1 is 1.00 bits per heavy atom. The number of amides is 1. The molecule has 0 radical (unpaired) electrons. The molecular weight excluding hydrogens is 274 g/mol. The molecule has 2 N–H and O–H groups in total. The zero-order valence-electron chi connectivity index (χ0n) is 13.3. The molecule has 0 heterocycles. The minimum Gasteiger partial charge on any atom is -0.391 e. The molecule has 0 spiro atoms. The number of aliphatic hydroxyl groups excluding tert-OH is 1. The first-order chi connectivity index (χ1) is 10.5. The lowest BCUT2D eigenvalue weighted by Crippen LogP contribution is -2.39. The third-order valence-electron chi connectivity index (χ3n) is 3.92. The van der Waals surface area contributed by atoms with Gasteiger partial charge in [0.05, 0.1) is 12.1 Å². The average molecular weight is 297 g/mol. The zero-order valence-corrected chi connectivity index (χ0v) is 13.3. The number of hydrogen-bond acceptors (Lipinski definition) is 2. The fraction of sp³-hybridized carbons (Fsp3) is 0.316. The first-order valence-corrected chi connectivity index (χ1v) is 7.69. The van der Waals surface area contributed by atoms with Crippen LogP contribution in [0.3, 0.4) is 0 Å². The van der Waals surface area contributed by atoms with Gasteiger partial charge in [0, 0.05) is 5.56 Å². The number of nitrogens with one attached hydrogen (secondary N) is 1. The van der Waals surface area contributed by atoms with Gasteiger partial charge in [-0.25, -0.2) is 0 Å². The van der Waals surface area contributed by atoms with Crippen molar-refractivity contribution in [1.82, 2.24) is 5.32 Å². The lowest BCUT2D eigenvalue weighted by atomic mass is 10.0. The van der Waals surface area contributed by atoms with Crippen LogP contribution in [0.15, 0.2) is 48.5 Å². The van der Waals surface area contributed by atoms with Gasteiger partial charge >= 0.3 is 0 Å². The Morgan fingerprint density at radius 2 is 1.50 bits per heavy atom. The summed E-state index contributed by atoms with van der Waals surface area (Å²) < 4.78 is 0. The van der Waals surface area contributed by atoms with Crippen molar-refractivity contribution < 1.29 is 9.90 Å². The minimum absolute atomic E-state index is 0.165. The third-order valence-corrected chi connectivity index (χ3v) is 3.92. The lowest BCUT2D eigenvalue weighted by molar-refractivity contribution is 0.0874. The molecule has 0 aromatic heterocycles. The van der Waals surface area contributed by atoms with Gasteiger partial charge in [0.2, 0.25) is 0 Å². The second kappa shape index (κ2) is 7.23. The molecule has 0 bridgehead atoms. The molecule has 1 amide bonds. The molecular formula is C19H23NO2. The molecule has 0 aliphatic carbocycles. The summed E-state index contributed by atoms with van der Waals surface area (Å²) in [6, 6.07) is 15.7. The molecule has 1 unspecified atom stereocenters. The van der Waals surface area contributed by atoms with Crippen molar-refractivity contribution in [1.29, 1.82) is 0 Å². The maximum Gasteiger partial charge on any atom is 0.251 e. The predicted octanol–water partition coefficient (Wildman–Crippen LogP) is 3.42. The Hall–Kier alpha value is -2.13. The number of aliphatic hydroxyl groups is 1. The summed E-state index contributed by atoms with van der Waals surface area (Å²) in [6.07, 6.45) is 0.459. The molecule has 22 heavy (non-hydrogen) atoms. The molecule has 0 aliphatic rings. The predicted molar refractivity (Wildman–Crippen MR) is 89.9 cm³/mol. The van der Waals surface area contributed by atoms with Crippen LogP contribution < -0.4 is 5.32 Å². The van der Waals surface area contributed by atoms with Crippen molar-refractivity contribution in [3.05, 3.63) is 59.7 Å². The monoisotopic (exact) mass is 297 g/mol. The Morgan fingerprint density at radius 3 is 1.95 bits per heavy atom. The summed E-state index contributed by atoms with van der Waals surface area (Å²) >= 11 is 0. The maximum absolute atomic E-state index is 12.1. The van der Waals surface area contributed by atoms with Crippen LogP contribution in [0, 0.1) is 0 Å². The molecule has 0 saturated heterocycles. The van der Waals surface area contributed by atoms with Crippen LogP contribution >= 0.6 is 0 Å². The van der Waals surface area contributed by atoms with E-state index in [2.05, 4.69) is 36.5 Å². The van der Waals surface area contributed by atoms with E-state index < -0.39 is 6.10 Å². The van der Waals surface area contributed by atoms with Crippen molar-refractivity contribution in [2.24, 2.45) is 0 Å². The number of rotatable bonds is 5. The average Bonchev–Trinajstić information content (AvgIpc) is 2.55. The van der Waals surface area contributed by atoms with E-state index in [-0.39, 0.29) is 11.9 Å². The van der Waals surface area contributed by atoms with E-state index >= 15 is 0 Å². The highest BCUT2D eigenvalue weighted by Crippen LogP contribution is 2.20. The fourth-order valence-electron chi connectivity index (χ4n) is 2.16. The lowest BCUT2D eigenvalue weighted by Gasteiger charge is -2.16. The molecule has 0 fully saturated rings. The van der Waals surface area contributed by atoms with E-state index in [1.165, 1.54) is 5.56 Å². The molecule has 0 aliphatic heterocycles. The summed E-state index contributed by atoms with van der Waals surface area (Å²) in [4.78, 5) is 12.1. The van der Waals surface area contributed by atoms with E-state index in [9.17, 15) is 9.90 Å². The smallest absolute Gasteiger partial charge is 0.251 e. The quantitative estimate of drug-likeness (QED) is 0.888. The fourth-order valence-corrected chi connectivity index (χ4v) is 2.16. The van der Waals surface area contributed by atoms with Crippen LogP contribution in [0.4, 0.5) is 0 Å². The Bertz CT molecular complexity index is 615. The van der Waals surface area contributed by atoms with Crippen LogP contribution in [0.25, 0.3) is 11.1 Å². The van der Waals surface area contributed by atoms with E-state index in [1.807, 2.05) is 24.3 Å². The SMILES string of the molecule is CCc1ccc(-c2ccc(C(=O)NC(C)[C@@H](C)O)cc2)cc1. The highest BCUT2D eigenvalue weighted by molar-refractivity contribution is 5.94. The molecule has 2 aromatic rings. The molecule has 2 rings (SSSR count). The van der Waals surface area contributed by atoms with E-state index in [1.54, 1.807) is 13.8 Å². The van der Waals surface area contributed by atoms with Crippen molar-refractivity contribution >= 4 is 5.91 Å². The Balaban J connectivity index is 2.10. The molecule has 116 valence electrons. The first-order valence-electron chi connectivity index (χ1n) is 7.69. The van der Waals surface area contributed by atoms with Crippen molar-refractivity contribution in [2.75, 3.05) is 0 Å². The van der Waals surface area contributed by atoms with Crippen molar-refractivity contribution in [3.8, 4) is 11.1 Å². The second-order valence-corrected chi connectivity index (χ2v) is 5.63. The van der Waals surface area contributed by atoms with Gasteiger partial charge < -0.3 is 10.4 Å². The van der Waals surface area contributed by atoms with E-state index in [4.69, 9.17) is 0 Å². The number of benzene rings is 2. The van der Waals surface area contributed by atoms with Crippen LogP contribution in [0.2, 0.25) is 0 Å². The molecule has 2 atom stereocenters. The van der Waals surface area contributed by atoms with Gasteiger partial charge in [0.1, 0.15) is 0 Å². The van der Waals surface area contributed by atoms with Gasteiger partial charge in [-0.3, -0.25) is 4.79 Å².